The van der Waals surface area contributed by atoms with Crippen LogP contribution in [0.2, 0.25) is 0 Å². The number of likely N-dealkylation sites (N-methyl/N-ethyl adjacent to an activating group) is 1. The van der Waals surface area contributed by atoms with Crippen LogP contribution in [-0.2, 0) is 9.63 Å². The summed E-state index contributed by atoms with van der Waals surface area (Å²) in [5, 5.41) is 9.63. The van der Waals surface area contributed by atoms with Crippen LogP contribution in [0.3, 0.4) is 0 Å². The zero-order valence-electron chi connectivity index (χ0n) is 12.4. The highest BCUT2D eigenvalue weighted by molar-refractivity contribution is 6.66. The van der Waals surface area contributed by atoms with Crippen LogP contribution in [0.5, 0.6) is 0 Å². The average molecular weight is 269 g/mol. The van der Waals surface area contributed by atoms with Gasteiger partial charge in [-0.1, -0.05) is 5.16 Å². The van der Waals surface area contributed by atoms with E-state index in [1.165, 1.54) is 7.11 Å². The van der Waals surface area contributed by atoms with Gasteiger partial charge in [0.25, 0.3) is 5.91 Å². The lowest BCUT2D eigenvalue weighted by molar-refractivity contribution is -0.125. The topological polar surface area (TPSA) is 60.7 Å². The van der Waals surface area contributed by atoms with E-state index in [2.05, 4.69) is 15.2 Å². The molecule has 108 valence electrons. The summed E-state index contributed by atoms with van der Waals surface area (Å²) >= 11 is 0. The SMILES string of the molecule is CO/N=C(C)/C(=N\N(C)C)C(=O)N1CCN(C)CC1. The first-order valence-electron chi connectivity index (χ1n) is 6.27. The fraction of sp³-hybridized carbons (Fsp3) is 0.750. The number of piperazine rings is 1. The van der Waals surface area contributed by atoms with Crippen molar-refractivity contribution in [2.75, 3.05) is 54.4 Å². The van der Waals surface area contributed by atoms with Crippen LogP contribution < -0.4 is 0 Å². The van der Waals surface area contributed by atoms with E-state index in [1.807, 2.05) is 7.05 Å². The van der Waals surface area contributed by atoms with E-state index in [0.717, 1.165) is 13.1 Å². The molecule has 7 nitrogen and oxygen atoms in total. The van der Waals surface area contributed by atoms with Gasteiger partial charge in [0, 0.05) is 40.3 Å². The molecular weight excluding hydrogens is 246 g/mol. The number of hydrazone groups is 1. The molecule has 1 rings (SSSR count). The molecule has 0 aliphatic carbocycles. The number of rotatable bonds is 4. The highest BCUT2D eigenvalue weighted by Crippen LogP contribution is 2.03. The first kappa shape index (κ1) is 15.4. The molecule has 1 saturated heterocycles. The molecule has 1 aliphatic rings. The summed E-state index contributed by atoms with van der Waals surface area (Å²) in [7, 11) is 7.06. The summed E-state index contributed by atoms with van der Waals surface area (Å²) in [5.74, 6) is -0.0971. The van der Waals surface area contributed by atoms with E-state index in [4.69, 9.17) is 4.84 Å². The summed E-state index contributed by atoms with van der Waals surface area (Å²) in [4.78, 5) is 21.2. The minimum Gasteiger partial charge on any atom is -0.399 e. The monoisotopic (exact) mass is 269 g/mol. The molecule has 0 N–H and O–H groups in total. The van der Waals surface area contributed by atoms with Crippen molar-refractivity contribution in [2.24, 2.45) is 10.3 Å². The average Bonchev–Trinajstić information content (AvgIpc) is 2.36. The standard InChI is InChI=1S/C12H23N5O2/c1-10(14-19-5)11(13-15(2)3)12(18)17-8-6-16(4)7-9-17/h6-9H2,1-5H3/b13-11+,14-10+. The Kier molecular flexibility index (Phi) is 5.75. The van der Waals surface area contributed by atoms with E-state index in [9.17, 15) is 4.79 Å². The maximum atomic E-state index is 12.5. The van der Waals surface area contributed by atoms with Crippen LogP contribution in [0, 0.1) is 0 Å². The Hall–Kier alpha value is -1.63. The molecule has 1 aliphatic heterocycles. The largest absolute Gasteiger partial charge is 0.399 e. The van der Waals surface area contributed by atoms with E-state index < -0.39 is 0 Å². The predicted octanol–water partition coefficient (Wildman–Crippen LogP) is -0.300. The molecule has 0 aromatic carbocycles. The fourth-order valence-electron chi connectivity index (χ4n) is 1.81. The number of carbonyl (C=O) groups is 1. The Bertz CT molecular complexity index is 370. The maximum Gasteiger partial charge on any atom is 0.276 e. The molecule has 1 fully saturated rings. The molecule has 1 heterocycles. The summed E-state index contributed by atoms with van der Waals surface area (Å²) < 4.78 is 0. The summed E-state index contributed by atoms with van der Waals surface area (Å²) in [5.41, 5.74) is 0.816. The minimum absolute atomic E-state index is 0.0971. The van der Waals surface area contributed by atoms with Gasteiger partial charge in [0.1, 0.15) is 12.8 Å². The van der Waals surface area contributed by atoms with Crippen molar-refractivity contribution in [1.29, 1.82) is 0 Å². The third-order valence-corrected chi connectivity index (χ3v) is 2.86. The second-order valence-corrected chi connectivity index (χ2v) is 4.75. The number of oxime groups is 1. The lowest BCUT2D eigenvalue weighted by Gasteiger charge is -2.32. The maximum absolute atomic E-state index is 12.5. The van der Waals surface area contributed by atoms with Crippen LogP contribution in [0.1, 0.15) is 6.92 Å². The fourth-order valence-corrected chi connectivity index (χ4v) is 1.81. The lowest BCUT2D eigenvalue weighted by Crippen LogP contribution is -2.50. The Morgan fingerprint density at radius 2 is 1.79 bits per heavy atom. The quantitative estimate of drug-likeness (QED) is 0.519. The van der Waals surface area contributed by atoms with Crippen molar-refractivity contribution < 1.29 is 9.63 Å². The Labute approximate surface area is 114 Å². The van der Waals surface area contributed by atoms with Crippen LogP contribution in [0.4, 0.5) is 0 Å². The van der Waals surface area contributed by atoms with Gasteiger partial charge in [0.05, 0.1) is 0 Å². The second kappa shape index (κ2) is 7.08. The third-order valence-electron chi connectivity index (χ3n) is 2.86. The van der Waals surface area contributed by atoms with Gasteiger partial charge in [-0.05, 0) is 14.0 Å². The van der Waals surface area contributed by atoms with Crippen LogP contribution in [-0.4, -0.2) is 86.6 Å². The number of carbonyl (C=O) groups excluding carboxylic acids is 1. The Balaban J connectivity index is 2.86. The molecule has 0 radical (unpaired) electrons. The van der Waals surface area contributed by atoms with Crippen LogP contribution in [0.15, 0.2) is 10.3 Å². The van der Waals surface area contributed by atoms with Crippen molar-refractivity contribution in [3.63, 3.8) is 0 Å². The number of amides is 1. The smallest absolute Gasteiger partial charge is 0.276 e. The minimum atomic E-state index is -0.0971. The zero-order valence-corrected chi connectivity index (χ0v) is 12.4. The molecular formula is C12H23N5O2. The van der Waals surface area contributed by atoms with Crippen molar-refractivity contribution in [2.45, 2.75) is 6.92 Å². The van der Waals surface area contributed by atoms with Crippen molar-refractivity contribution in [1.82, 2.24) is 14.8 Å². The molecule has 19 heavy (non-hydrogen) atoms. The van der Waals surface area contributed by atoms with Gasteiger partial charge in [-0.15, -0.1) is 0 Å². The van der Waals surface area contributed by atoms with E-state index in [1.54, 1.807) is 30.9 Å². The second-order valence-electron chi connectivity index (χ2n) is 4.75. The Morgan fingerprint density at radius 3 is 2.26 bits per heavy atom. The van der Waals surface area contributed by atoms with Gasteiger partial charge in [-0.25, -0.2) is 0 Å². The van der Waals surface area contributed by atoms with Crippen LogP contribution in [0.25, 0.3) is 0 Å². The first-order chi connectivity index (χ1) is 8.95. The van der Waals surface area contributed by atoms with E-state index in [0.29, 0.717) is 24.5 Å². The molecule has 0 aromatic heterocycles. The predicted molar refractivity (Wildman–Crippen MR) is 75.3 cm³/mol. The third kappa shape index (κ3) is 4.51. The zero-order chi connectivity index (χ0) is 14.4. The summed E-state index contributed by atoms with van der Waals surface area (Å²) in [6, 6.07) is 0. The van der Waals surface area contributed by atoms with Crippen LogP contribution >= 0.6 is 0 Å². The molecule has 7 heteroatoms. The molecule has 0 atom stereocenters. The van der Waals surface area contributed by atoms with Gasteiger partial charge >= 0.3 is 0 Å². The van der Waals surface area contributed by atoms with Gasteiger partial charge in [0.2, 0.25) is 0 Å². The normalized spacial score (nSPS) is 18.5. The number of hydrogen-bond donors (Lipinski definition) is 0. The van der Waals surface area contributed by atoms with Crippen molar-refractivity contribution in [3.05, 3.63) is 0 Å². The number of hydrogen-bond acceptors (Lipinski definition) is 6. The van der Waals surface area contributed by atoms with Gasteiger partial charge in [-0.2, -0.15) is 5.10 Å². The van der Waals surface area contributed by atoms with E-state index in [-0.39, 0.29) is 5.91 Å². The highest BCUT2D eigenvalue weighted by Gasteiger charge is 2.25. The summed E-state index contributed by atoms with van der Waals surface area (Å²) in [6.07, 6.45) is 0. The van der Waals surface area contributed by atoms with Gasteiger partial charge < -0.3 is 19.6 Å². The highest BCUT2D eigenvalue weighted by atomic mass is 16.6. The molecule has 0 saturated carbocycles. The Morgan fingerprint density at radius 1 is 1.21 bits per heavy atom. The van der Waals surface area contributed by atoms with Gasteiger partial charge in [-0.3, -0.25) is 4.79 Å². The lowest BCUT2D eigenvalue weighted by atomic mass is 10.2. The number of nitrogens with zero attached hydrogens (tertiary/aromatic N) is 5. The molecule has 0 aromatic rings. The molecule has 0 spiro atoms. The molecule has 0 unspecified atom stereocenters. The van der Waals surface area contributed by atoms with Crippen molar-refractivity contribution >= 4 is 17.3 Å². The van der Waals surface area contributed by atoms with E-state index >= 15 is 0 Å². The van der Waals surface area contributed by atoms with Gasteiger partial charge in [0.15, 0.2) is 5.71 Å². The molecule has 1 amide bonds. The molecule has 0 bridgehead atoms. The first-order valence-corrected chi connectivity index (χ1v) is 6.27. The summed E-state index contributed by atoms with van der Waals surface area (Å²) in [6.45, 7) is 4.90. The van der Waals surface area contributed by atoms with Crippen molar-refractivity contribution in [3.8, 4) is 0 Å².